The predicted octanol–water partition coefficient (Wildman–Crippen LogP) is 2.62. The van der Waals surface area contributed by atoms with Gasteiger partial charge < -0.3 is 10.6 Å². The zero-order valence-electron chi connectivity index (χ0n) is 10.7. The van der Waals surface area contributed by atoms with Crippen molar-refractivity contribution in [2.45, 2.75) is 65.0 Å². The third-order valence-electron chi connectivity index (χ3n) is 3.85. The van der Waals surface area contributed by atoms with Gasteiger partial charge in [-0.1, -0.05) is 33.6 Å². The number of hydrogen-bond acceptors (Lipinski definition) is 2. The summed E-state index contributed by atoms with van der Waals surface area (Å²) in [4.78, 5) is 2.65. The van der Waals surface area contributed by atoms with Gasteiger partial charge in [0.05, 0.1) is 0 Å². The quantitative estimate of drug-likeness (QED) is 0.759. The predicted molar refractivity (Wildman–Crippen MR) is 66.9 cm³/mol. The molecule has 2 heteroatoms. The molecule has 0 aliphatic heterocycles. The molecule has 0 heterocycles. The maximum atomic E-state index is 6.05. The van der Waals surface area contributed by atoms with Crippen molar-refractivity contribution in [3.63, 3.8) is 0 Å². The van der Waals surface area contributed by atoms with E-state index in [1.165, 1.54) is 45.2 Å². The van der Waals surface area contributed by atoms with Crippen LogP contribution in [0.15, 0.2) is 0 Å². The second kappa shape index (κ2) is 6.49. The SMILES string of the molecule is CCC(C)CN(CC)C1CCCC(N)C1. The first-order chi connectivity index (χ1) is 7.17. The van der Waals surface area contributed by atoms with Crippen molar-refractivity contribution in [2.24, 2.45) is 11.7 Å². The lowest BCUT2D eigenvalue weighted by Crippen LogP contribution is -2.44. The van der Waals surface area contributed by atoms with Gasteiger partial charge in [0, 0.05) is 18.6 Å². The summed E-state index contributed by atoms with van der Waals surface area (Å²) >= 11 is 0. The summed E-state index contributed by atoms with van der Waals surface area (Å²) in [5.41, 5.74) is 6.05. The molecule has 90 valence electrons. The largest absolute Gasteiger partial charge is 0.328 e. The molecule has 0 aromatic rings. The summed E-state index contributed by atoms with van der Waals surface area (Å²) < 4.78 is 0. The van der Waals surface area contributed by atoms with Crippen molar-refractivity contribution in [1.82, 2.24) is 4.90 Å². The Kier molecular flexibility index (Phi) is 5.62. The molecule has 0 aromatic heterocycles. The van der Waals surface area contributed by atoms with Crippen molar-refractivity contribution >= 4 is 0 Å². The molecule has 0 amide bonds. The molecule has 1 fully saturated rings. The van der Waals surface area contributed by atoms with Crippen LogP contribution in [0.1, 0.15) is 52.9 Å². The monoisotopic (exact) mass is 212 g/mol. The van der Waals surface area contributed by atoms with Gasteiger partial charge in [-0.25, -0.2) is 0 Å². The van der Waals surface area contributed by atoms with Crippen molar-refractivity contribution in [3.05, 3.63) is 0 Å². The first-order valence-corrected chi connectivity index (χ1v) is 6.67. The Morgan fingerprint density at radius 2 is 2.07 bits per heavy atom. The average Bonchev–Trinajstić information content (AvgIpc) is 2.25. The summed E-state index contributed by atoms with van der Waals surface area (Å²) in [5.74, 6) is 0.822. The highest BCUT2D eigenvalue weighted by atomic mass is 15.2. The van der Waals surface area contributed by atoms with Crippen LogP contribution in [0.3, 0.4) is 0 Å². The highest BCUT2D eigenvalue weighted by molar-refractivity contribution is 4.82. The van der Waals surface area contributed by atoms with Crippen LogP contribution in [0.5, 0.6) is 0 Å². The molecule has 1 saturated carbocycles. The zero-order valence-corrected chi connectivity index (χ0v) is 10.7. The Balaban J connectivity index is 2.42. The molecule has 2 N–H and O–H groups in total. The standard InChI is InChI=1S/C13H28N2/c1-4-11(3)10-15(5-2)13-8-6-7-12(14)9-13/h11-13H,4-10,14H2,1-3H3. The second-order valence-corrected chi connectivity index (χ2v) is 5.18. The third-order valence-corrected chi connectivity index (χ3v) is 3.85. The summed E-state index contributed by atoms with van der Waals surface area (Å²) in [7, 11) is 0. The Morgan fingerprint density at radius 1 is 1.33 bits per heavy atom. The van der Waals surface area contributed by atoms with E-state index in [1.54, 1.807) is 0 Å². The van der Waals surface area contributed by atoms with Crippen molar-refractivity contribution in [1.29, 1.82) is 0 Å². The molecular weight excluding hydrogens is 184 g/mol. The average molecular weight is 212 g/mol. The van der Waals surface area contributed by atoms with Crippen molar-refractivity contribution < 1.29 is 0 Å². The minimum atomic E-state index is 0.453. The topological polar surface area (TPSA) is 29.3 Å². The summed E-state index contributed by atoms with van der Waals surface area (Å²) in [5, 5.41) is 0. The number of nitrogens with two attached hydrogens (primary N) is 1. The van der Waals surface area contributed by atoms with Crippen LogP contribution in [0.25, 0.3) is 0 Å². The van der Waals surface area contributed by atoms with Crippen molar-refractivity contribution in [3.8, 4) is 0 Å². The smallest absolute Gasteiger partial charge is 0.0110 e. The van der Waals surface area contributed by atoms with Gasteiger partial charge >= 0.3 is 0 Å². The van der Waals surface area contributed by atoms with Gasteiger partial charge in [0.2, 0.25) is 0 Å². The Labute approximate surface area is 95.2 Å². The molecule has 15 heavy (non-hydrogen) atoms. The van der Waals surface area contributed by atoms with Crippen LogP contribution in [-0.2, 0) is 0 Å². The fourth-order valence-electron chi connectivity index (χ4n) is 2.60. The van der Waals surface area contributed by atoms with E-state index in [0.717, 1.165) is 12.0 Å². The van der Waals surface area contributed by atoms with Gasteiger partial charge in [0.25, 0.3) is 0 Å². The molecule has 1 rings (SSSR count). The maximum Gasteiger partial charge on any atom is 0.0110 e. The lowest BCUT2D eigenvalue weighted by molar-refractivity contribution is 0.135. The van der Waals surface area contributed by atoms with Gasteiger partial charge in [-0.2, -0.15) is 0 Å². The van der Waals surface area contributed by atoms with Gasteiger partial charge in [-0.15, -0.1) is 0 Å². The number of rotatable bonds is 5. The first-order valence-electron chi connectivity index (χ1n) is 6.67. The van der Waals surface area contributed by atoms with E-state index in [1.807, 2.05) is 0 Å². The van der Waals surface area contributed by atoms with Crippen LogP contribution in [0.2, 0.25) is 0 Å². The minimum absolute atomic E-state index is 0.453. The lowest BCUT2D eigenvalue weighted by atomic mass is 9.90. The van der Waals surface area contributed by atoms with E-state index >= 15 is 0 Å². The number of hydrogen-bond donors (Lipinski definition) is 1. The molecular formula is C13H28N2. The fourth-order valence-corrected chi connectivity index (χ4v) is 2.60. The number of nitrogens with zero attached hydrogens (tertiary/aromatic N) is 1. The maximum absolute atomic E-state index is 6.05. The summed E-state index contributed by atoms with van der Waals surface area (Å²) in [6.45, 7) is 9.35. The van der Waals surface area contributed by atoms with Crippen molar-refractivity contribution in [2.75, 3.05) is 13.1 Å². The Bertz CT molecular complexity index is 170. The molecule has 1 aliphatic carbocycles. The van der Waals surface area contributed by atoms with E-state index in [4.69, 9.17) is 5.73 Å². The Hall–Kier alpha value is -0.0800. The normalized spacial score (nSPS) is 29.4. The minimum Gasteiger partial charge on any atom is -0.328 e. The van der Waals surface area contributed by atoms with Crippen LogP contribution in [0, 0.1) is 5.92 Å². The molecule has 0 bridgehead atoms. The zero-order chi connectivity index (χ0) is 11.3. The van der Waals surface area contributed by atoms with Crippen LogP contribution in [0.4, 0.5) is 0 Å². The van der Waals surface area contributed by atoms with E-state index in [-0.39, 0.29) is 0 Å². The van der Waals surface area contributed by atoms with Gasteiger partial charge in [-0.3, -0.25) is 0 Å². The van der Waals surface area contributed by atoms with E-state index in [0.29, 0.717) is 6.04 Å². The van der Waals surface area contributed by atoms with E-state index < -0.39 is 0 Å². The fraction of sp³-hybridized carbons (Fsp3) is 1.00. The molecule has 3 atom stereocenters. The lowest BCUT2D eigenvalue weighted by Gasteiger charge is -2.37. The van der Waals surface area contributed by atoms with E-state index in [2.05, 4.69) is 25.7 Å². The van der Waals surface area contributed by atoms with Crippen LogP contribution >= 0.6 is 0 Å². The van der Waals surface area contributed by atoms with Crippen LogP contribution < -0.4 is 5.73 Å². The molecule has 0 aromatic carbocycles. The molecule has 1 aliphatic rings. The highest BCUT2D eigenvalue weighted by Crippen LogP contribution is 2.23. The highest BCUT2D eigenvalue weighted by Gasteiger charge is 2.24. The first kappa shape index (κ1) is 13.0. The van der Waals surface area contributed by atoms with Gasteiger partial charge in [0.1, 0.15) is 0 Å². The molecule has 2 nitrogen and oxygen atoms in total. The summed E-state index contributed by atoms with van der Waals surface area (Å²) in [6, 6.07) is 1.21. The summed E-state index contributed by atoms with van der Waals surface area (Å²) in [6.07, 6.45) is 6.41. The van der Waals surface area contributed by atoms with Gasteiger partial charge in [-0.05, 0) is 31.7 Å². The second-order valence-electron chi connectivity index (χ2n) is 5.18. The molecule has 0 radical (unpaired) electrons. The van der Waals surface area contributed by atoms with Gasteiger partial charge in [0.15, 0.2) is 0 Å². The van der Waals surface area contributed by atoms with Crippen LogP contribution in [-0.4, -0.2) is 30.1 Å². The third kappa shape index (κ3) is 4.12. The molecule has 3 unspecified atom stereocenters. The molecule has 0 spiro atoms. The van der Waals surface area contributed by atoms with E-state index in [9.17, 15) is 0 Å². The Morgan fingerprint density at radius 3 is 2.60 bits per heavy atom. The molecule has 0 saturated heterocycles.